The predicted molar refractivity (Wildman–Crippen MR) is 141 cm³/mol. The van der Waals surface area contributed by atoms with Crippen LogP contribution in [0.2, 0.25) is 0 Å². The minimum Gasteiger partial charge on any atom is -0.480 e. The number of carboxylic acid groups (broad SMARTS) is 2. The van der Waals surface area contributed by atoms with E-state index in [1.807, 2.05) is 13.8 Å². The van der Waals surface area contributed by atoms with Crippen molar-refractivity contribution in [2.24, 2.45) is 11.8 Å². The van der Waals surface area contributed by atoms with Gasteiger partial charge in [-0.3, -0.25) is 9.59 Å². The molecule has 0 aliphatic rings. The second-order valence-electron chi connectivity index (χ2n) is 8.51. The third-order valence-electron chi connectivity index (χ3n) is 6.02. The molecule has 0 aliphatic carbocycles. The number of amides is 2. The Morgan fingerprint density at radius 3 is 1.33 bits per heavy atom. The van der Waals surface area contributed by atoms with Gasteiger partial charge in [-0.1, -0.05) is 86.4 Å². The number of carbonyl (C=O) groups is 4. The van der Waals surface area contributed by atoms with Crippen molar-refractivity contribution in [3.63, 3.8) is 0 Å². The summed E-state index contributed by atoms with van der Waals surface area (Å²) < 4.78 is 0. The normalized spacial score (nSPS) is 14.2. The van der Waals surface area contributed by atoms with Crippen LogP contribution in [0.4, 0.5) is 0 Å². The van der Waals surface area contributed by atoms with E-state index in [4.69, 9.17) is 0 Å². The van der Waals surface area contributed by atoms with Gasteiger partial charge in [0, 0.05) is 9.79 Å². The number of hydrogen-bond acceptors (Lipinski definition) is 6. The Morgan fingerprint density at radius 2 is 1.03 bits per heavy atom. The maximum atomic E-state index is 12.9. The Kier molecular flexibility index (Phi) is 11.3. The van der Waals surface area contributed by atoms with Crippen molar-refractivity contribution in [1.29, 1.82) is 0 Å². The average molecular weight is 533 g/mol. The van der Waals surface area contributed by atoms with Crippen LogP contribution in [0.3, 0.4) is 0 Å². The molecule has 194 valence electrons. The van der Waals surface area contributed by atoms with E-state index in [1.54, 1.807) is 62.4 Å². The van der Waals surface area contributed by atoms with Crippen molar-refractivity contribution in [2.75, 3.05) is 0 Å². The number of nitrogens with one attached hydrogen (secondary N) is 2. The van der Waals surface area contributed by atoms with Crippen molar-refractivity contribution in [1.82, 2.24) is 10.6 Å². The first kappa shape index (κ1) is 29.3. The lowest BCUT2D eigenvalue weighted by Crippen LogP contribution is -2.45. The molecule has 0 saturated heterocycles. The van der Waals surface area contributed by atoms with Crippen LogP contribution in [0.1, 0.15) is 61.3 Å². The summed E-state index contributed by atoms with van der Waals surface area (Å²) in [6.45, 7) is 7.27. The Morgan fingerprint density at radius 1 is 0.694 bits per heavy atom. The van der Waals surface area contributed by atoms with Crippen LogP contribution in [0, 0.1) is 11.8 Å². The highest BCUT2D eigenvalue weighted by atomic mass is 33.1. The minimum atomic E-state index is -1.09. The summed E-state index contributed by atoms with van der Waals surface area (Å²) >= 11 is 0. The molecule has 0 radical (unpaired) electrons. The average Bonchev–Trinajstić information content (AvgIpc) is 2.87. The number of rotatable bonds is 13. The first-order valence-electron chi connectivity index (χ1n) is 11.7. The van der Waals surface area contributed by atoms with Crippen molar-refractivity contribution < 1.29 is 29.4 Å². The quantitative estimate of drug-likeness (QED) is 0.267. The Labute approximate surface area is 219 Å². The van der Waals surface area contributed by atoms with Gasteiger partial charge in [0.1, 0.15) is 12.1 Å². The van der Waals surface area contributed by atoms with E-state index in [1.165, 1.54) is 21.6 Å². The monoisotopic (exact) mass is 532 g/mol. The molecule has 2 aromatic rings. The fraction of sp³-hybridized carbons (Fsp3) is 0.385. The molecule has 0 bridgehead atoms. The molecule has 10 heteroatoms. The first-order valence-corrected chi connectivity index (χ1v) is 13.8. The third kappa shape index (κ3) is 7.76. The summed E-state index contributed by atoms with van der Waals surface area (Å²) in [5, 5.41) is 24.3. The largest absolute Gasteiger partial charge is 0.480 e. The van der Waals surface area contributed by atoms with Crippen LogP contribution in [0.25, 0.3) is 0 Å². The molecule has 4 N–H and O–H groups in total. The number of carboxylic acids is 2. The Hall–Kier alpha value is -2.98. The molecule has 2 aromatic carbocycles. The second kappa shape index (κ2) is 13.9. The number of hydrogen-bond donors (Lipinski definition) is 4. The molecule has 0 spiro atoms. The first-order chi connectivity index (χ1) is 17.1. The van der Waals surface area contributed by atoms with Crippen LogP contribution in [-0.4, -0.2) is 46.0 Å². The number of benzene rings is 2. The molecule has 0 unspecified atom stereocenters. The summed E-state index contributed by atoms with van der Waals surface area (Å²) in [7, 11) is 2.52. The van der Waals surface area contributed by atoms with E-state index in [9.17, 15) is 29.4 Å². The van der Waals surface area contributed by atoms with Crippen molar-refractivity contribution in [3.8, 4) is 0 Å². The van der Waals surface area contributed by atoms with E-state index in [-0.39, 0.29) is 11.8 Å². The van der Waals surface area contributed by atoms with Crippen LogP contribution < -0.4 is 10.6 Å². The SMILES string of the molecule is CC[C@@H](C)[C@@H](NC(=O)c1ccccc1SSc1ccccc1C(=O)N[C@@H](C(=O)O)[C@H](C)CC)C(=O)O. The molecule has 4 atom stereocenters. The summed E-state index contributed by atoms with van der Waals surface area (Å²) in [5.74, 6) is -3.64. The van der Waals surface area contributed by atoms with Gasteiger partial charge in [-0.15, -0.1) is 0 Å². The maximum absolute atomic E-state index is 12.9. The van der Waals surface area contributed by atoms with Crippen LogP contribution >= 0.6 is 21.6 Å². The van der Waals surface area contributed by atoms with Gasteiger partial charge >= 0.3 is 11.9 Å². The lowest BCUT2D eigenvalue weighted by atomic mass is 9.99. The van der Waals surface area contributed by atoms with Gasteiger partial charge in [-0.25, -0.2) is 9.59 Å². The summed E-state index contributed by atoms with van der Waals surface area (Å²) in [6, 6.07) is 11.7. The molecule has 36 heavy (non-hydrogen) atoms. The zero-order valence-corrected chi connectivity index (χ0v) is 22.3. The highest BCUT2D eigenvalue weighted by molar-refractivity contribution is 8.76. The predicted octanol–water partition coefficient (Wildman–Crippen LogP) is 4.94. The molecule has 0 saturated carbocycles. The van der Waals surface area contributed by atoms with Crippen molar-refractivity contribution in [3.05, 3.63) is 59.7 Å². The number of carbonyl (C=O) groups excluding carboxylic acids is 2. The third-order valence-corrected chi connectivity index (χ3v) is 8.50. The molecule has 0 heterocycles. The fourth-order valence-electron chi connectivity index (χ4n) is 3.35. The molecule has 0 aliphatic heterocycles. The molecule has 2 amide bonds. The van der Waals surface area contributed by atoms with Gasteiger partial charge in [-0.2, -0.15) is 0 Å². The summed E-state index contributed by atoms with van der Waals surface area (Å²) in [4.78, 5) is 50.4. The standard InChI is InChI=1S/C26H32N2O6S2/c1-5-15(3)21(25(31)32)27-23(29)17-11-7-9-13-19(17)35-36-20-14-10-8-12-18(20)24(30)28-22(26(33)34)16(4)6-2/h7-16,21-22H,5-6H2,1-4H3,(H,27,29)(H,28,30)(H,31,32)(H,33,34)/t15-,16-,21-,22-/m1/s1. The van der Waals surface area contributed by atoms with E-state index in [2.05, 4.69) is 10.6 Å². The van der Waals surface area contributed by atoms with Gasteiger partial charge in [0.25, 0.3) is 11.8 Å². The molecule has 8 nitrogen and oxygen atoms in total. The van der Waals surface area contributed by atoms with Gasteiger partial charge in [-0.05, 0) is 36.1 Å². The molecular weight excluding hydrogens is 500 g/mol. The summed E-state index contributed by atoms with van der Waals surface area (Å²) in [6.07, 6.45) is 1.20. The minimum absolute atomic E-state index is 0.240. The van der Waals surface area contributed by atoms with Crippen molar-refractivity contribution >= 4 is 45.3 Å². The fourth-order valence-corrected chi connectivity index (χ4v) is 5.71. The maximum Gasteiger partial charge on any atom is 0.326 e. The van der Waals surface area contributed by atoms with Gasteiger partial charge in [0.05, 0.1) is 11.1 Å². The number of aliphatic carboxylic acids is 2. The zero-order chi connectivity index (χ0) is 26.8. The molecule has 0 aromatic heterocycles. The lowest BCUT2D eigenvalue weighted by molar-refractivity contribution is -0.141. The molecular formula is C26H32N2O6S2. The smallest absolute Gasteiger partial charge is 0.326 e. The van der Waals surface area contributed by atoms with E-state index >= 15 is 0 Å². The van der Waals surface area contributed by atoms with E-state index in [0.29, 0.717) is 33.8 Å². The van der Waals surface area contributed by atoms with E-state index < -0.39 is 35.8 Å². The van der Waals surface area contributed by atoms with Crippen LogP contribution in [0.15, 0.2) is 58.3 Å². The van der Waals surface area contributed by atoms with Crippen molar-refractivity contribution in [2.45, 2.75) is 62.4 Å². The molecule has 0 fully saturated rings. The zero-order valence-electron chi connectivity index (χ0n) is 20.7. The topological polar surface area (TPSA) is 133 Å². The molecule has 2 rings (SSSR count). The van der Waals surface area contributed by atoms with E-state index in [0.717, 1.165) is 0 Å². The Bertz CT molecular complexity index is 1010. The van der Waals surface area contributed by atoms with Crippen LogP contribution in [-0.2, 0) is 9.59 Å². The van der Waals surface area contributed by atoms with Crippen LogP contribution in [0.5, 0.6) is 0 Å². The lowest BCUT2D eigenvalue weighted by Gasteiger charge is -2.21. The second-order valence-corrected chi connectivity index (χ2v) is 10.7. The highest BCUT2D eigenvalue weighted by Crippen LogP contribution is 2.40. The van der Waals surface area contributed by atoms with Gasteiger partial charge in [0.15, 0.2) is 0 Å². The highest BCUT2D eigenvalue weighted by Gasteiger charge is 2.28. The van der Waals surface area contributed by atoms with Gasteiger partial charge < -0.3 is 20.8 Å². The summed E-state index contributed by atoms with van der Waals surface area (Å²) in [5.41, 5.74) is 0.656. The Balaban J connectivity index is 2.22. The van der Waals surface area contributed by atoms with Gasteiger partial charge in [0.2, 0.25) is 0 Å².